The second kappa shape index (κ2) is 13.4. The van der Waals surface area contributed by atoms with E-state index in [0.717, 1.165) is 11.1 Å². The molecule has 1 aliphatic carbocycles. The largest absolute Gasteiger partial charge is 0.279 e. The van der Waals surface area contributed by atoms with Gasteiger partial charge in [-0.3, -0.25) is 20.9 Å². The monoisotopic (exact) mass is 468 g/mol. The number of hydrogen-bond donors (Lipinski definition) is 2. The van der Waals surface area contributed by atoms with E-state index in [1.165, 1.54) is 0 Å². The molecule has 2 rings (SSSR count). The Balaban J connectivity index is 0. The number of nitrogens with one attached hydrogen (secondary N) is 1. The minimum absolute atomic E-state index is 0. The SMILES string of the molecule is CC(C)(C)NN.CC1=CC=C(C)C(Cl)(C(=O)Cl)C1.Cl.O=C(Cl)c1ccccc1. The van der Waals surface area contributed by atoms with Crippen LogP contribution in [0.4, 0.5) is 0 Å². The lowest BCUT2D eigenvalue weighted by Gasteiger charge is -2.26. The quantitative estimate of drug-likeness (QED) is 0.250. The number of alkyl halides is 1. The summed E-state index contributed by atoms with van der Waals surface area (Å²) >= 11 is 16.6. The topological polar surface area (TPSA) is 72.2 Å². The van der Waals surface area contributed by atoms with Crippen LogP contribution in [0, 0.1) is 0 Å². The lowest BCUT2D eigenvalue weighted by molar-refractivity contribution is -0.113. The normalized spacial score (nSPS) is 18.0. The zero-order valence-electron chi connectivity index (χ0n) is 16.7. The van der Waals surface area contributed by atoms with Crippen molar-refractivity contribution in [2.75, 3.05) is 0 Å². The Kier molecular flexibility index (Phi) is 14.0. The van der Waals surface area contributed by atoms with E-state index in [1.807, 2.05) is 52.8 Å². The number of carbonyl (C=O) groups is 2. The Bertz CT molecular complexity index is 698. The number of allylic oxidation sites excluding steroid dienone is 4. The van der Waals surface area contributed by atoms with Gasteiger partial charge in [0.1, 0.15) is 4.87 Å². The van der Waals surface area contributed by atoms with Gasteiger partial charge in [0, 0.05) is 11.1 Å². The van der Waals surface area contributed by atoms with E-state index < -0.39 is 15.4 Å². The van der Waals surface area contributed by atoms with Crippen LogP contribution in [-0.2, 0) is 4.79 Å². The first-order valence-corrected chi connectivity index (χ1v) is 9.43. The average Bonchev–Trinajstić information content (AvgIpc) is 2.59. The number of rotatable bonds is 2. The smallest absolute Gasteiger partial charge is 0.252 e. The second-order valence-corrected chi connectivity index (χ2v) is 8.48. The van der Waals surface area contributed by atoms with Crippen molar-refractivity contribution in [1.82, 2.24) is 5.43 Å². The van der Waals surface area contributed by atoms with Gasteiger partial charge in [-0.1, -0.05) is 48.1 Å². The standard InChI is InChI=1S/C9H10Cl2O.C7H5ClO.C4H12N2.ClH/c1-6-3-4-7(2)9(11,5-6)8(10)12;8-7(9)6-4-2-1-3-5-6;1-4(2,3)6-5;/h3-4H,5H2,1-2H3;1-5H;6H,5H2,1-3H3;1H. The Morgan fingerprint density at radius 2 is 1.54 bits per heavy atom. The zero-order valence-corrected chi connectivity index (χ0v) is 19.8. The van der Waals surface area contributed by atoms with E-state index in [9.17, 15) is 9.59 Å². The molecular formula is C20H28Cl4N2O2. The van der Waals surface area contributed by atoms with Crippen LogP contribution in [0.3, 0.4) is 0 Å². The molecule has 0 fully saturated rings. The van der Waals surface area contributed by atoms with Crippen LogP contribution < -0.4 is 11.3 Å². The summed E-state index contributed by atoms with van der Waals surface area (Å²) in [5, 5.41) is -0.902. The first-order chi connectivity index (χ1) is 12.3. The Labute approximate surface area is 188 Å². The van der Waals surface area contributed by atoms with Crippen molar-refractivity contribution in [3.63, 3.8) is 0 Å². The van der Waals surface area contributed by atoms with E-state index in [4.69, 9.17) is 40.6 Å². The number of hydrazine groups is 1. The lowest BCUT2D eigenvalue weighted by atomic mass is 9.89. The molecular weight excluding hydrogens is 442 g/mol. The third-order valence-electron chi connectivity index (χ3n) is 3.51. The van der Waals surface area contributed by atoms with Crippen molar-refractivity contribution in [1.29, 1.82) is 0 Å². The lowest BCUT2D eigenvalue weighted by Crippen LogP contribution is -2.41. The summed E-state index contributed by atoms with van der Waals surface area (Å²) < 4.78 is 0. The summed E-state index contributed by atoms with van der Waals surface area (Å²) in [6.07, 6.45) is 4.31. The summed E-state index contributed by atoms with van der Waals surface area (Å²) in [5.41, 5.74) is 5.10. The molecule has 1 unspecified atom stereocenters. The molecule has 0 spiro atoms. The molecule has 1 aliphatic rings. The fourth-order valence-electron chi connectivity index (χ4n) is 1.78. The molecule has 1 atom stereocenters. The number of carbonyl (C=O) groups excluding carboxylic acids is 2. The highest BCUT2D eigenvalue weighted by Crippen LogP contribution is 2.37. The third kappa shape index (κ3) is 11.2. The highest BCUT2D eigenvalue weighted by atomic mass is 35.5. The second-order valence-electron chi connectivity index (χ2n) is 7.15. The maximum absolute atomic E-state index is 11.0. The van der Waals surface area contributed by atoms with Gasteiger partial charge in [-0.05, 0) is 69.8 Å². The molecule has 0 aliphatic heterocycles. The fraction of sp³-hybridized carbons (Fsp3) is 0.400. The molecule has 0 aromatic heterocycles. The van der Waals surface area contributed by atoms with Crippen LogP contribution in [-0.4, -0.2) is 20.9 Å². The molecule has 28 heavy (non-hydrogen) atoms. The van der Waals surface area contributed by atoms with Gasteiger partial charge in [0.2, 0.25) is 5.24 Å². The first-order valence-electron chi connectivity index (χ1n) is 8.29. The fourth-order valence-corrected chi connectivity index (χ4v) is 2.39. The van der Waals surface area contributed by atoms with E-state index in [0.29, 0.717) is 12.0 Å². The van der Waals surface area contributed by atoms with Gasteiger partial charge in [0.15, 0.2) is 0 Å². The summed E-state index contributed by atoms with van der Waals surface area (Å²) in [7, 11) is 0. The van der Waals surface area contributed by atoms with Crippen LogP contribution in [0.2, 0.25) is 0 Å². The van der Waals surface area contributed by atoms with Crippen LogP contribution in [0.5, 0.6) is 0 Å². The van der Waals surface area contributed by atoms with Gasteiger partial charge in [0.05, 0.1) is 0 Å². The minimum Gasteiger partial charge on any atom is -0.279 e. The summed E-state index contributed by atoms with van der Waals surface area (Å²) in [5.74, 6) is 5.06. The van der Waals surface area contributed by atoms with Gasteiger partial charge < -0.3 is 0 Å². The van der Waals surface area contributed by atoms with Crippen LogP contribution >= 0.6 is 47.2 Å². The zero-order chi connectivity index (χ0) is 21.3. The molecule has 0 saturated carbocycles. The molecule has 1 aromatic rings. The van der Waals surface area contributed by atoms with E-state index in [-0.39, 0.29) is 17.9 Å². The van der Waals surface area contributed by atoms with Crippen molar-refractivity contribution in [3.8, 4) is 0 Å². The number of halogens is 4. The van der Waals surface area contributed by atoms with Crippen molar-refractivity contribution in [2.24, 2.45) is 5.84 Å². The van der Waals surface area contributed by atoms with Crippen LogP contribution in [0.25, 0.3) is 0 Å². The number of nitrogens with two attached hydrogens (primary N) is 1. The Morgan fingerprint density at radius 3 is 1.82 bits per heavy atom. The summed E-state index contributed by atoms with van der Waals surface area (Å²) in [4.78, 5) is 20.5. The van der Waals surface area contributed by atoms with Gasteiger partial charge >= 0.3 is 0 Å². The molecule has 0 bridgehead atoms. The summed E-state index contributed by atoms with van der Waals surface area (Å²) in [6, 6.07) is 8.74. The molecule has 0 saturated heterocycles. The molecule has 0 heterocycles. The molecule has 3 N–H and O–H groups in total. The molecule has 0 radical (unpaired) electrons. The number of benzene rings is 1. The highest BCUT2D eigenvalue weighted by Gasteiger charge is 2.38. The Morgan fingerprint density at radius 1 is 1.07 bits per heavy atom. The predicted molar refractivity (Wildman–Crippen MR) is 123 cm³/mol. The highest BCUT2D eigenvalue weighted by molar-refractivity contribution is 6.71. The third-order valence-corrected chi connectivity index (χ3v) is 4.75. The number of hydrogen-bond acceptors (Lipinski definition) is 4. The minimum atomic E-state index is -1.000. The molecule has 158 valence electrons. The van der Waals surface area contributed by atoms with Gasteiger partial charge in [-0.2, -0.15) is 0 Å². The van der Waals surface area contributed by atoms with E-state index in [2.05, 4.69) is 5.43 Å². The summed E-state index contributed by atoms with van der Waals surface area (Å²) in [6.45, 7) is 9.77. The van der Waals surface area contributed by atoms with Crippen molar-refractivity contribution < 1.29 is 9.59 Å². The molecule has 0 amide bonds. The average molecular weight is 470 g/mol. The first kappa shape index (κ1) is 29.3. The van der Waals surface area contributed by atoms with Gasteiger partial charge in [-0.25, -0.2) is 0 Å². The van der Waals surface area contributed by atoms with Gasteiger partial charge in [0.25, 0.3) is 5.24 Å². The maximum atomic E-state index is 11.0. The van der Waals surface area contributed by atoms with Crippen molar-refractivity contribution in [3.05, 3.63) is 59.2 Å². The Hall–Kier alpha value is -0.880. The van der Waals surface area contributed by atoms with Crippen LogP contribution in [0.15, 0.2) is 53.6 Å². The van der Waals surface area contributed by atoms with E-state index >= 15 is 0 Å². The predicted octanol–water partition coefficient (Wildman–Crippen LogP) is 5.76. The van der Waals surface area contributed by atoms with Crippen molar-refractivity contribution in [2.45, 2.75) is 51.5 Å². The maximum Gasteiger partial charge on any atom is 0.252 e. The molecule has 8 heteroatoms. The molecule has 4 nitrogen and oxygen atoms in total. The van der Waals surface area contributed by atoms with Crippen LogP contribution in [0.1, 0.15) is 51.4 Å². The van der Waals surface area contributed by atoms with Gasteiger partial charge in [-0.15, -0.1) is 24.0 Å². The van der Waals surface area contributed by atoms with Crippen molar-refractivity contribution >= 4 is 57.7 Å². The van der Waals surface area contributed by atoms with E-state index in [1.54, 1.807) is 24.3 Å². The molecule has 1 aromatic carbocycles.